The van der Waals surface area contributed by atoms with Crippen LogP contribution < -0.4 is 5.32 Å². The molecule has 2 rings (SSSR count). The van der Waals surface area contributed by atoms with Gasteiger partial charge in [-0.3, -0.25) is 4.79 Å². The van der Waals surface area contributed by atoms with Crippen molar-refractivity contribution in [1.82, 2.24) is 0 Å². The molecule has 1 N–H and O–H groups in total. The zero-order valence-corrected chi connectivity index (χ0v) is 12.6. The largest absolute Gasteiger partial charge is 0.321 e. The van der Waals surface area contributed by atoms with Crippen molar-refractivity contribution < 1.29 is 4.79 Å². The maximum Gasteiger partial charge on any atom is 0.255 e. The van der Waals surface area contributed by atoms with E-state index in [1.54, 1.807) is 18.2 Å². The van der Waals surface area contributed by atoms with Crippen LogP contribution in [0.2, 0.25) is 5.02 Å². The van der Waals surface area contributed by atoms with Crippen LogP contribution in [0.4, 0.5) is 5.69 Å². The van der Waals surface area contributed by atoms with Crippen molar-refractivity contribution >= 4 is 45.8 Å². The topological polar surface area (TPSA) is 29.1 Å². The molecule has 0 fully saturated rings. The molecule has 2 aromatic rings. The molecule has 0 saturated carbocycles. The van der Waals surface area contributed by atoms with Gasteiger partial charge in [0.25, 0.3) is 5.91 Å². The van der Waals surface area contributed by atoms with Gasteiger partial charge in [0.2, 0.25) is 0 Å². The van der Waals surface area contributed by atoms with Crippen LogP contribution in [0, 0.1) is 10.5 Å². The molecular formula is C14H11ClINO. The number of benzene rings is 2. The molecule has 0 aliphatic rings. The third-order valence-electron chi connectivity index (χ3n) is 2.56. The number of hydrogen-bond acceptors (Lipinski definition) is 1. The highest BCUT2D eigenvalue weighted by molar-refractivity contribution is 14.1. The molecule has 0 aliphatic heterocycles. The van der Waals surface area contributed by atoms with Crippen molar-refractivity contribution in [2.45, 2.75) is 6.92 Å². The fourth-order valence-electron chi connectivity index (χ4n) is 1.63. The van der Waals surface area contributed by atoms with Crippen LogP contribution in [-0.2, 0) is 0 Å². The summed E-state index contributed by atoms with van der Waals surface area (Å²) in [7, 11) is 0. The molecule has 0 spiro atoms. The van der Waals surface area contributed by atoms with Gasteiger partial charge in [-0.15, -0.1) is 0 Å². The standard InChI is InChI=1S/C14H11ClINO/c1-9-8-10(15)6-7-11(9)14(18)17-13-5-3-2-4-12(13)16/h2-8H,1H3,(H,17,18). The highest BCUT2D eigenvalue weighted by Crippen LogP contribution is 2.20. The molecule has 0 unspecified atom stereocenters. The van der Waals surface area contributed by atoms with E-state index in [-0.39, 0.29) is 5.91 Å². The predicted molar refractivity (Wildman–Crippen MR) is 83.3 cm³/mol. The fourth-order valence-corrected chi connectivity index (χ4v) is 2.38. The summed E-state index contributed by atoms with van der Waals surface area (Å²) in [5, 5.41) is 3.53. The minimum Gasteiger partial charge on any atom is -0.321 e. The van der Waals surface area contributed by atoms with Crippen molar-refractivity contribution in [1.29, 1.82) is 0 Å². The zero-order chi connectivity index (χ0) is 13.1. The van der Waals surface area contributed by atoms with Crippen molar-refractivity contribution in [3.05, 3.63) is 62.2 Å². The summed E-state index contributed by atoms with van der Waals surface area (Å²) in [5.41, 5.74) is 2.32. The Labute approximate surface area is 124 Å². The Kier molecular flexibility index (Phi) is 4.24. The van der Waals surface area contributed by atoms with Gasteiger partial charge < -0.3 is 5.32 Å². The highest BCUT2D eigenvalue weighted by Gasteiger charge is 2.10. The number of carbonyl (C=O) groups is 1. The van der Waals surface area contributed by atoms with Gasteiger partial charge in [-0.25, -0.2) is 0 Å². The number of amides is 1. The monoisotopic (exact) mass is 371 g/mol. The number of carbonyl (C=O) groups excluding carboxylic acids is 1. The number of anilines is 1. The quantitative estimate of drug-likeness (QED) is 0.774. The first-order chi connectivity index (χ1) is 8.58. The molecule has 92 valence electrons. The van der Waals surface area contributed by atoms with Gasteiger partial charge in [0.05, 0.1) is 5.69 Å². The first kappa shape index (κ1) is 13.4. The fraction of sp³-hybridized carbons (Fsp3) is 0.0714. The number of nitrogens with one attached hydrogen (secondary N) is 1. The molecule has 0 bridgehead atoms. The lowest BCUT2D eigenvalue weighted by Crippen LogP contribution is -2.14. The summed E-state index contributed by atoms with van der Waals surface area (Å²) in [5.74, 6) is -0.117. The van der Waals surface area contributed by atoms with E-state index >= 15 is 0 Å². The zero-order valence-electron chi connectivity index (χ0n) is 9.71. The average molecular weight is 372 g/mol. The van der Waals surface area contributed by atoms with E-state index in [1.165, 1.54) is 0 Å². The number of para-hydroxylation sites is 1. The van der Waals surface area contributed by atoms with E-state index in [9.17, 15) is 4.79 Å². The molecule has 0 aliphatic carbocycles. The molecule has 2 nitrogen and oxygen atoms in total. The van der Waals surface area contributed by atoms with Crippen LogP contribution in [0.25, 0.3) is 0 Å². The molecule has 2 aromatic carbocycles. The minimum absolute atomic E-state index is 0.117. The lowest BCUT2D eigenvalue weighted by Gasteiger charge is -2.09. The maximum atomic E-state index is 12.1. The molecule has 18 heavy (non-hydrogen) atoms. The normalized spacial score (nSPS) is 10.2. The molecule has 0 heterocycles. The summed E-state index contributed by atoms with van der Waals surface area (Å²) in [4.78, 5) is 12.1. The number of rotatable bonds is 2. The Morgan fingerprint density at radius 1 is 1.22 bits per heavy atom. The van der Waals surface area contributed by atoms with E-state index in [4.69, 9.17) is 11.6 Å². The summed E-state index contributed by atoms with van der Waals surface area (Å²) >= 11 is 8.07. The molecule has 0 atom stereocenters. The number of aryl methyl sites for hydroxylation is 1. The second kappa shape index (κ2) is 5.71. The Balaban J connectivity index is 2.25. The van der Waals surface area contributed by atoms with E-state index in [1.807, 2.05) is 31.2 Å². The minimum atomic E-state index is -0.117. The molecule has 0 radical (unpaired) electrons. The SMILES string of the molecule is Cc1cc(Cl)ccc1C(=O)Nc1ccccc1I. The van der Waals surface area contributed by atoms with Crippen molar-refractivity contribution in [2.75, 3.05) is 5.32 Å². The molecular weight excluding hydrogens is 361 g/mol. The lowest BCUT2D eigenvalue weighted by molar-refractivity contribution is 0.102. The first-order valence-electron chi connectivity index (χ1n) is 5.40. The summed E-state index contributed by atoms with van der Waals surface area (Å²) in [6.07, 6.45) is 0. The average Bonchev–Trinajstić information content (AvgIpc) is 2.32. The number of halogens is 2. The summed E-state index contributed by atoms with van der Waals surface area (Å²) < 4.78 is 1.01. The van der Waals surface area contributed by atoms with Crippen molar-refractivity contribution in [3.63, 3.8) is 0 Å². The highest BCUT2D eigenvalue weighted by atomic mass is 127. The molecule has 0 aromatic heterocycles. The van der Waals surface area contributed by atoms with Crippen LogP contribution in [0.1, 0.15) is 15.9 Å². The maximum absolute atomic E-state index is 12.1. The Morgan fingerprint density at radius 2 is 1.94 bits per heavy atom. The van der Waals surface area contributed by atoms with E-state index in [0.29, 0.717) is 10.6 Å². The van der Waals surface area contributed by atoms with E-state index in [0.717, 1.165) is 14.8 Å². The lowest BCUT2D eigenvalue weighted by atomic mass is 10.1. The first-order valence-corrected chi connectivity index (χ1v) is 6.85. The van der Waals surface area contributed by atoms with Crippen LogP contribution in [0.15, 0.2) is 42.5 Å². The van der Waals surface area contributed by atoms with E-state index in [2.05, 4.69) is 27.9 Å². The Bertz CT molecular complexity index is 598. The summed E-state index contributed by atoms with van der Waals surface area (Å²) in [6, 6.07) is 12.9. The molecule has 4 heteroatoms. The Hall–Kier alpha value is -1.07. The smallest absolute Gasteiger partial charge is 0.255 e. The van der Waals surface area contributed by atoms with Crippen LogP contribution in [0.5, 0.6) is 0 Å². The van der Waals surface area contributed by atoms with Crippen molar-refractivity contribution in [2.24, 2.45) is 0 Å². The van der Waals surface area contributed by atoms with Gasteiger partial charge >= 0.3 is 0 Å². The van der Waals surface area contributed by atoms with Crippen LogP contribution >= 0.6 is 34.2 Å². The second-order valence-corrected chi connectivity index (χ2v) is 5.49. The Morgan fingerprint density at radius 3 is 2.61 bits per heavy atom. The van der Waals surface area contributed by atoms with Gasteiger partial charge in [0.1, 0.15) is 0 Å². The summed E-state index contributed by atoms with van der Waals surface area (Å²) in [6.45, 7) is 1.87. The third-order valence-corrected chi connectivity index (χ3v) is 3.73. The van der Waals surface area contributed by atoms with Gasteiger partial charge in [0, 0.05) is 14.2 Å². The molecule has 0 saturated heterocycles. The van der Waals surface area contributed by atoms with Crippen LogP contribution in [0.3, 0.4) is 0 Å². The predicted octanol–water partition coefficient (Wildman–Crippen LogP) is 4.51. The molecule has 1 amide bonds. The van der Waals surface area contributed by atoms with Gasteiger partial charge in [-0.2, -0.15) is 0 Å². The second-order valence-electron chi connectivity index (χ2n) is 3.89. The van der Waals surface area contributed by atoms with Crippen LogP contribution in [-0.4, -0.2) is 5.91 Å². The van der Waals surface area contributed by atoms with Gasteiger partial charge in [-0.05, 0) is 65.4 Å². The number of hydrogen-bond donors (Lipinski definition) is 1. The van der Waals surface area contributed by atoms with Gasteiger partial charge in [0.15, 0.2) is 0 Å². The van der Waals surface area contributed by atoms with E-state index < -0.39 is 0 Å². The van der Waals surface area contributed by atoms with Crippen molar-refractivity contribution in [3.8, 4) is 0 Å². The third kappa shape index (κ3) is 3.03. The van der Waals surface area contributed by atoms with Gasteiger partial charge in [-0.1, -0.05) is 23.7 Å².